The Morgan fingerprint density at radius 2 is 1.08 bits per heavy atom. The Morgan fingerprint density at radius 3 is 1.92 bits per heavy atom. The predicted octanol–water partition coefficient (Wildman–Crippen LogP) is 15.2. The molecule has 0 saturated heterocycles. The van der Waals surface area contributed by atoms with Gasteiger partial charge in [-0.1, -0.05) is 158 Å². The van der Waals surface area contributed by atoms with Crippen LogP contribution in [0.3, 0.4) is 0 Å². The smallest absolute Gasteiger partial charge is 0.235 e. The highest BCUT2D eigenvalue weighted by Crippen LogP contribution is 2.44. The first kappa shape index (κ1) is 34.0. The van der Waals surface area contributed by atoms with Crippen LogP contribution < -0.4 is 0 Å². The molecule has 13 aromatic rings. The van der Waals surface area contributed by atoms with E-state index < -0.39 is 0 Å². The summed E-state index contributed by atoms with van der Waals surface area (Å²) in [7, 11) is 0. The van der Waals surface area contributed by atoms with Crippen molar-refractivity contribution in [2.75, 3.05) is 0 Å². The van der Waals surface area contributed by atoms with Crippen LogP contribution in [-0.4, -0.2) is 19.1 Å². The van der Waals surface area contributed by atoms with Crippen molar-refractivity contribution < 1.29 is 0 Å². The third kappa shape index (κ3) is 5.11. The molecule has 0 N–H and O–H groups in total. The third-order valence-electron chi connectivity index (χ3n) is 12.4. The van der Waals surface area contributed by atoms with Crippen molar-refractivity contribution in [3.63, 3.8) is 0 Å². The summed E-state index contributed by atoms with van der Waals surface area (Å²) in [5.74, 6) is 0.655. The van der Waals surface area contributed by atoms with Gasteiger partial charge in [-0.2, -0.15) is 0 Å². The van der Waals surface area contributed by atoms with Crippen LogP contribution in [0.4, 0.5) is 0 Å². The van der Waals surface area contributed by atoms with Gasteiger partial charge in [-0.25, -0.2) is 9.97 Å². The largest absolute Gasteiger partial charge is 0.309 e. The summed E-state index contributed by atoms with van der Waals surface area (Å²) in [6.45, 7) is 0. The number of nitrogens with zero attached hydrogens (tertiary/aromatic N) is 4. The second kappa shape index (κ2) is 13.3. The maximum absolute atomic E-state index is 5.60. The summed E-state index contributed by atoms with van der Waals surface area (Å²) in [4.78, 5) is 11.1. The zero-order valence-electron chi connectivity index (χ0n) is 32.8. The Kier molecular flexibility index (Phi) is 7.44. The molecule has 9 aromatic carbocycles. The maximum atomic E-state index is 5.60. The highest BCUT2D eigenvalue weighted by Gasteiger charge is 2.23. The molecule has 4 heterocycles. The van der Waals surface area contributed by atoms with Crippen molar-refractivity contribution in [1.29, 1.82) is 0 Å². The maximum Gasteiger partial charge on any atom is 0.235 e. The van der Waals surface area contributed by atoms with E-state index in [0.29, 0.717) is 5.95 Å². The van der Waals surface area contributed by atoms with Crippen LogP contribution in [0.1, 0.15) is 0 Å². The van der Waals surface area contributed by atoms with Crippen LogP contribution in [-0.2, 0) is 0 Å². The average molecular weight is 795 g/mol. The number of aromatic nitrogens is 4. The number of para-hydroxylation sites is 2. The van der Waals surface area contributed by atoms with Gasteiger partial charge in [-0.05, 0) is 69.9 Å². The average Bonchev–Trinajstić information content (AvgIpc) is 4.02. The van der Waals surface area contributed by atoms with E-state index in [1.807, 2.05) is 0 Å². The first-order valence-corrected chi connectivity index (χ1v) is 21.5. The van der Waals surface area contributed by atoms with Gasteiger partial charge < -0.3 is 4.57 Å². The molecule has 0 radical (unpaired) electrons. The van der Waals surface area contributed by atoms with Gasteiger partial charge in [0.05, 0.1) is 33.3 Å². The molecule has 5 heteroatoms. The van der Waals surface area contributed by atoms with Gasteiger partial charge >= 0.3 is 0 Å². The van der Waals surface area contributed by atoms with Crippen LogP contribution in [0, 0.1) is 0 Å². The highest BCUT2D eigenvalue weighted by molar-refractivity contribution is 7.18. The Balaban J connectivity index is 1.09. The minimum Gasteiger partial charge on any atom is -0.309 e. The first-order valence-electron chi connectivity index (χ1n) is 20.7. The molecule has 0 aliphatic carbocycles. The minimum atomic E-state index is 0.655. The van der Waals surface area contributed by atoms with Gasteiger partial charge in [-0.3, -0.25) is 4.57 Å². The second-order valence-electron chi connectivity index (χ2n) is 15.7. The van der Waals surface area contributed by atoms with Crippen molar-refractivity contribution in [3.8, 4) is 45.1 Å². The monoisotopic (exact) mass is 794 g/mol. The fraction of sp³-hybridized carbons (Fsp3) is 0. The molecule has 0 spiro atoms. The van der Waals surface area contributed by atoms with E-state index in [0.717, 1.165) is 49.7 Å². The Bertz CT molecular complexity index is 3860. The summed E-state index contributed by atoms with van der Waals surface area (Å²) < 4.78 is 5.89. The molecule has 0 bridgehead atoms. The zero-order valence-corrected chi connectivity index (χ0v) is 33.6. The van der Waals surface area contributed by atoms with Gasteiger partial charge in [0.25, 0.3) is 0 Å². The van der Waals surface area contributed by atoms with E-state index in [-0.39, 0.29) is 0 Å². The van der Waals surface area contributed by atoms with Crippen LogP contribution >= 0.6 is 11.3 Å². The molecule has 0 amide bonds. The van der Waals surface area contributed by atoms with Gasteiger partial charge in [0.1, 0.15) is 0 Å². The summed E-state index contributed by atoms with van der Waals surface area (Å²) in [5, 5.41) is 11.7. The van der Waals surface area contributed by atoms with Gasteiger partial charge in [0.15, 0.2) is 0 Å². The number of hydrogen-bond donors (Lipinski definition) is 0. The Hall–Kier alpha value is -7.86. The number of benzene rings is 9. The van der Waals surface area contributed by atoms with Crippen LogP contribution in [0.2, 0.25) is 0 Å². The summed E-state index contributed by atoms with van der Waals surface area (Å²) in [5.41, 5.74) is 13.4. The summed E-state index contributed by atoms with van der Waals surface area (Å²) in [6, 6.07) is 72.0. The second-order valence-corrected chi connectivity index (χ2v) is 16.6. The lowest BCUT2D eigenvalue weighted by molar-refractivity contribution is 1.02. The number of rotatable bonds is 5. The number of hydrogen-bond acceptors (Lipinski definition) is 3. The van der Waals surface area contributed by atoms with Gasteiger partial charge in [0, 0.05) is 59.2 Å². The molecule has 0 aliphatic heterocycles. The van der Waals surface area contributed by atoms with E-state index >= 15 is 0 Å². The van der Waals surface area contributed by atoms with Crippen molar-refractivity contribution in [2.45, 2.75) is 0 Å². The van der Waals surface area contributed by atoms with Crippen LogP contribution in [0.25, 0.3) is 121 Å². The molecule has 284 valence electrons. The van der Waals surface area contributed by atoms with E-state index in [4.69, 9.17) is 9.97 Å². The number of fused-ring (bicyclic) bond motifs is 11. The fourth-order valence-electron chi connectivity index (χ4n) is 9.72. The summed E-state index contributed by atoms with van der Waals surface area (Å²) in [6.07, 6.45) is 0. The van der Waals surface area contributed by atoms with E-state index in [1.165, 1.54) is 64.9 Å². The SMILES string of the molecule is c1ccc(-c2csc3c2ccc2nc(-n4c5ccc(-c6cccc7c6c6ccccc6n7-c6ccccc6)cc5c5ccc6ccccc6c54)nc(-c4ccccc4)c23)cc1. The molecule has 0 unspecified atom stereocenters. The van der Waals surface area contributed by atoms with Crippen molar-refractivity contribution >= 4 is 86.7 Å². The van der Waals surface area contributed by atoms with E-state index in [2.05, 4.69) is 215 Å². The van der Waals surface area contributed by atoms with Crippen LogP contribution in [0.5, 0.6) is 0 Å². The lowest BCUT2D eigenvalue weighted by Crippen LogP contribution is -2.04. The first-order chi connectivity index (χ1) is 30.3. The number of thiophene rings is 1. The van der Waals surface area contributed by atoms with Crippen LogP contribution in [0.15, 0.2) is 206 Å². The predicted molar refractivity (Wildman–Crippen MR) is 257 cm³/mol. The third-order valence-corrected chi connectivity index (χ3v) is 13.4. The molecular formula is C56H34N4S. The van der Waals surface area contributed by atoms with Crippen molar-refractivity contribution in [2.24, 2.45) is 0 Å². The van der Waals surface area contributed by atoms with Crippen molar-refractivity contribution in [1.82, 2.24) is 19.1 Å². The fourth-order valence-corrected chi connectivity index (χ4v) is 10.8. The molecule has 0 fully saturated rings. The minimum absolute atomic E-state index is 0.655. The lowest BCUT2D eigenvalue weighted by atomic mass is 9.97. The topological polar surface area (TPSA) is 35.6 Å². The molecule has 0 aliphatic rings. The molecule has 0 atom stereocenters. The van der Waals surface area contributed by atoms with E-state index in [9.17, 15) is 0 Å². The standard InChI is InChI=1S/C56H34N4S/c1-4-15-35(16-5-1)46-34-61-55-43(46)30-31-47-52(55)53(37-18-6-2-7-19-37)58-56(57-47)60-49-32-28-38(33-45(49)42-29-27-36-17-10-11-22-41(36)54(42)60)40-24-14-26-50-51(40)44-23-12-13-25-48(44)59(50)39-20-8-3-9-21-39/h1-34H. The zero-order chi connectivity index (χ0) is 40.0. The molecule has 13 rings (SSSR count). The molecular weight excluding hydrogens is 761 g/mol. The lowest BCUT2D eigenvalue weighted by Gasteiger charge is -2.13. The molecule has 4 aromatic heterocycles. The van der Waals surface area contributed by atoms with Crippen molar-refractivity contribution in [3.05, 3.63) is 206 Å². The quantitative estimate of drug-likeness (QED) is 0.174. The molecule has 61 heavy (non-hydrogen) atoms. The molecule has 0 saturated carbocycles. The highest BCUT2D eigenvalue weighted by atomic mass is 32.1. The Labute approximate surface area is 354 Å². The normalized spacial score (nSPS) is 11.9. The summed E-state index contributed by atoms with van der Waals surface area (Å²) >= 11 is 1.77. The van der Waals surface area contributed by atoms with Gasteiger partial charge in [0.2, 0.25) is 5.95 Å². The molecule has 4 nitrogen and oxygen atoms in total. The van der Waals surface area contributed by atoms with E-state index in [1.54, 1.807) is 11.3 Å². The Morgan fingerprint density at radius 1 is 0.393 bits per heavy atom. The van der Waals surface area contributed by atoms with Gasteiger partial charge in [-0.15, -0.1) is 11.3 Å².